The van der Waals surface area contributed by atoms with E-state index in [9.17, 15) is 14.4 Å². The third kappa shape index (κ3) is 4.43. The fourth-order valence-electron chi connectivity index (χ4n) is 3.32. The van der Waals surface area contributed by atoms with E-state index in [1.54, 1.807) is 18.2 Å². The molecule has 4 rings (SSSR count). The van der Waals surface area contributed by atoms with Gasteiger partial charge in [-0.1, -0.05) is 35.4 Å². The number of anilines is 1. The molecule has 4 amide bonds. The lowest BCUT2D eigenvalue weighted by molar-refractivity contribution is -0.127. The summed E-state index contributed by atoms with van der Waals surface area (Å²) in [5, 5.41) is 5.87. The Labute approximate surface area is 190 Å². The summed E-state index contributed by atoms with van der Waals surface area (Å²) < 4.78 is 1.85. The van der Waals surface area contributed by atoms with Gasteiger partial charge in [-0.3, -0.25) is 9.59 Å². The lowest BCUT2D eigenvalue weighted by atomic mass is 10.2. The molecule has 0 unspecified atom stereocenters. The van der Waals surface area contributed by atoms with Gasteiger partial charge in [0.25, 0.3) is 5.91 Å². The van der Waals surface area contributed by atoms with Gasteiger partial charge in [0.05, 0.1) is 0 Å². The molecular weight excluding hydrogens is 428 g/mol. The van der Waals surface area contributed by atoms with Gasteiger partial charge in [-0.15, -0.1) is 0 Å². The highest BCUT2D eigenvalue weighted by molar-refractivity contribution is 6.31. The van der Waals surface area contributed by atoms with Gasteiger partial charge in [0, 0.05) is 28.3 Å². The first-order valence-electron chi connectivity index (χ1n) is 9.97. The second kappa shape index (κ2) is 8.72. The fourth-order valence-corrected chi connectivity index (χ4v) is 3.50. The van der Waals surface area contributed by atoms with Gasteiger partial charge >= 0.3 is 6.03 Å². The highest BCUT2D eigenvalue weighted by Gasteiger charge is 2.35. The Hall–Kier alpha value is -3.84. The zero-order chi connectivity index (χ0) is 22.8. The third-order valence-electron chi connectivity index (χ3n) is 5.11. The van der Waals surface area contributed by atoms with Crippen LogP contribution in [0.5, 0.6) is 0 Å². The van der Waals surface area contributed by atoms with E-state index in [-0.39, 0.29) is 12.2 Å². The number of hydrogen-bond acceptors (Lipinski definition) is 3. The maximum Gasteiger partial charge on any atom is 0.329 e. The lowest BCUT2D eigenvalue weighted by Crippen LogP contribution is -2.38. The van der Waals surface area contributed by atoms with Gasteiger partial charge in [0.2, 0.25) is 5.91 Å². The molecule has 0 radical (unpaired) electrons. The van der Waals surface area contributed by atoms with Crippen LogP contribution in [0.2, 0.25) is 5.02 Å². The number of amides is 4. The second-order valence-corrected chi connectivity index (χ2v) is 7.94. The van der Waals surface area contributed by atoms with Crippen LogP contribution in [-0.4, -0.2) is 33.9 Å². The number of halogens is 1. The number of benzene rings is 2. The molecule has 0 aliphatic carbocycles. The number of rotatable bonds is 5. The minimum atomic E-state index is -0.642. The molecule has 0 spiro atoms. The number of imide groups is 1. The topological polar surface area (TPSA) is 83.4 Å². The number of carbonyl (C=O) groups excluding carboxylic acids is 3. The van der Waals surface area contributed by atoms with Crippen molar-refractivity contribution in [1.29, 1.82) is 0 Å². The van der Waals surface area contributed by atoms with Crippen LogP contribution in [0.3, 0.4) is 0 Å². The molecule has 1 fully saturated rings. The first-order valence-corrected chi connectivity index (χ1v) is 10.3. The molecular formula is C24H21ClN4O3. The summed E-state index contributed by atoms with van der Waals surface area (Å²) in [6.07, 6.45) is 3.41. The second-order valence-electron chi connectivity index (χ2n) is 7.53. The van der Waals surface area contributed by atoms with Crippen LogP contribution >= 0.6 is 11.6 Å². The highest BCUT2D eigenvalue weighted by atomic mass is 35.5. The number of aromatic nitrogens is 1. The molecule has 1 aliphatic rings. The molecule has 8 heteroatoms. The van der Waals surface area contributed by atoms with E-state index >= 15 is 0 Å². The maximum absolute atomic E-state index is 12.8. The first kappa shape index (κ1) is 21.4. The van der Waals surface area contributed by atoms with Crippen LogP contribution in [0.25, 0.3) is 11.8 Å². The molecule has 7 nitrogen and oxygen atoms in total. The van der Waals surface area contributed by atoms with Crippen molar-refractivity contribution < 1.29 is 14.4 Å². The maximum atomic E-state index is 12.8. The Kier molecular flexibility index (Phi) is 5.83. The average Bonchev–Trinajstić information content (AvgIpc) is 3.32. The summed E-state index contributed by atoms with van der Waals surface area (Å²) in [4.78, 5) is 38.4. The Morgan fingerprint density at radius 2 is 1.84 bits per heavy atom. The molecule has 1 aliphatic heterocycles. The predicted molar refractivity (Wildman–Crippen MR) is 124 cm³/mol. The Balaban J connectivity index is 1.50. The summed E-state index contributed by atoms with van der Waals surface area (Å²) in [5.74, 6) is -1.03. The number of urea groups is 1. The average molecular weight is 449 g/mol. The van der Waals surface area contributed by atoms with Crippen LogP contribution in [-0.2, 0) is 9.59 Å². The van der Waals surface area contributed by atoms with Crippen molar-refractivity contribution in [3.63, 3.8) is 0 Å². The van der Waals surface area contributed by atoms with Crippen molar-refractivity contribution in [2.45, 2.75) is 13.8 Å². The monoisotopic (exact) mass is 448 g/mol. The standard InChI is InChI=1S/C24H21ClN4O3/c1-15-5-8-17(9-6-15)26-22(30)14-29-23(31)21(27-24(29)32)13-18-4-3-11-28(18)19-10-7-16(2)20(25)12-19/h3-13H,14H2,1-2H3,(H,26,30)(H,27,32)/b21-13+. The molecule has 3 aromatic rings. The van der Waals surface area contributed by atoms with Crippen molar-refractivity contribution >= 4 is 41.2 Å². The molecule has 2 N–H and O–H groups in total. The smallest absolute Gasteiger partial charge is 0.325 e. The highest BCUT2D eigenvalue weighted by Crippen LogP contribution is 2.23. The van der Waals surface area contributed by atoms with E-state index in [1.165, 1.54) is 0 Å². The van der Waals surface area contributed by atoms with E-state index in [0.29, 0.717) is 16.4 Å². The molecule has 0 saturated carbocycles. The van der Waals surface area contributed by atoms with Crippen LogP contribution in [0.4, 0.5) is 10.5 Å². The molecule has 162 valence electrons. The largest absolute Gasteiger partial charge is 0.329 e. The Morgan fingerprint density at radius 3 is 2.56 bits per heavy atom. The summed E-state index contributed by atoms with van der Waals surface area (Å²) in [5.41, 5.74) is 4.21. The van der Waals surface area contributed by atoms with Crippen LogP contribution in [0.15, 0.2) is 66.5 Å². The van der Waals surface area contributed by atoms with E-state index in [1.807, 2.05) is 67.1 Å². The molecule has 0 atom stereocenters. The van der Waals surface area contributed by atoms with E-state index in [0.717, 1.165) is 21.7 Å². The molecule has 1 aromatic heterocycles. The summed E-state index contributed by atoms with van der Waals surface area (Å²) in [6.45, 7) is 3.47. The zero-order valence-electron chi connectivity index (χ0n) is 17.6. The number of nitrogens with zero attached hydrogens (tertiary/aromatic N) is 2. The molecule has 2 aromatic carbocycles. The molecule has 0 bridgehead atoms. The van der Waals surface area contributed by atoms with Crippen LogP contribution in [0, 0.1) is 13.8 Å². The predicted octanol–water partition coefficient (Wildman–Crippen LogP) is 4.28. The Bertz CT molecular complexity index is 1240. The number of hydrogen-bond donors (Lipinski definition) is 2. The Morgan fingerprint density at radius 1 is 1.09 bits per heavy atom. The van der Waals surface area contributed by atoms with Gasteiger partial charge in [-0.05, 0) is 61.9 Å². The van der Waals surface area contributed by atoms with E-state index < -0.39 is 17.8 Å². The van der Waals surface area contributed by atoms with Crippen molar-refractivity contribution in [2.75, 3.05) is 11.9 Å². The summed E-state index contributed by atoms with van der Waals surface area (Å²) in [7, 11) is 0. The number of nitrogens with one attached hydrogen (secondary N) is 2. The summed E-state index contributed by atoms with van der Waals surface area (Å²) in [6, 6.07) is 15.9. The molecule has 32 heavy (non-hydrogen) atoms. The van der Waals surface area contributed by atoms with Gasteiger partial charge in [-0.25, -0.2) is 9.69 Å². The molecule has 2 heterocycles. The van der Waals surface area contributed by atoms with Crippen molar-refractivity contribution in [1.82, 2.24) is 14.8 Å². The van der Waals surface area contributed by atoms with Crippen LogP contribution in [0.1, 0.15) is 16.8 Å². The van der Waals surface area contributed by atoms with Crippen molar-refractivity contribution in [2.24, 2.45) is 0 Å². The van der Waals surface area contributed by atoms with E-state index in [4.69, 9.17) is 11.6 Å². The lowest BCUT2D eigenvalue weighted by Gasteiger charge is -2.12. The number of aryl methyl sites for hydroxylation is 2. The van der Waals surface area contributed by atoms with Gasteiger partial charge < -0.3 is 15.2 Å². The third-order valence-corrected chi connectivity index (χ3v) is 5.51. The van der Waals surface area contributed by atoms with Crippen molar-refractivity contribution in [3.05, 3.63) is 88.3 Å². The molecule has 1 saturated heterocycles. The summed E-state index contributed by atoms with van der Waals surface area (Å²) >= 11 is 6.24. The minimum Gasteiger partial charge on any atom is -0.325 e. The first-order chi connectivity index (χ1) is 15.3. The van der Waals surface area contributed by atoms with Gasteiger partial charge in [-0.2, -0.15) is 0 Å². The SMILES string of the molecule is Cc1ccc(NC(=O)CN2C(=O)N/C(=C/c3cccn3-c3ccc(C)c(Cl)c3)C2=O)cc1. The van der Waals surface area contributed by atoms with Gasteiger partial charge in [0.1, 0.15) is 12.2 Å². The fraction of sp³-hybridized carbons (Fsp3) is 0.125. The normalized spacial score (nSPS) is 14.7. The van der Waals surface area contributed by atoms with Crippen molar-refractivity contribution in [3.8, 4) is 5.69 Å². The number of carbonyl (C=O) groups is 3. The minimum absolute atomic E-state index is 0.0938. The zero-order valence-corrected chi connectivity index (χ0v) is 18.3. The van der Waals surface area contributed by atoms with E-state index in [2.05, 4.69) is 10.6 Å². The quantitative estimate of drug-likeness (QED) is 0.451. The van der Waals surface area contributed by atoms with Gasteiger partial charge in [0.15, 0.2) is 0 Å². The van der Waals surface area contributed by atoms with Crippen LogP contribution < -0.4 is 10.6 Å².